The van der Waals surface area contributed by atoms with Gasteiger partial charge < -0.3 is 5.32 Å². The molecule has 0 aliphatic heterocycles. The van der Waals surface area contributed by atoms with E-state index >= 15 is 0 Å². The number of anilines is 1. The van der Waals surface area contributed by atoms with Crippen LogP contribution in [0.5, 0.6) is 0 Å². The van der Waals surface area contributed by atoms with Crippen LogP contribution in [0.15, 0.2) is 57.9 Å². The predicted octanol–water partition coefficient (Wildman–Crippen LogP) is 4.77. The van der Waals surface area contributed by atoms with Crippen molar-refractivity contribution in [2.24, 2.45) is 0 Å². The maximum absolute atomic E-state index is 12.2. The van der Waals surface area contributed by atoms with Crippen molar-refractivity contribution in [2.75, 3.05) is 5.32 Å². The third-order valence-corrected chi connectivity index (χ3v) is 4.70. The van der Waals surface area contributed by atoms with Gasteiger partial charge in [-0.05, 0) is 62.4 Å². The molecule has 0 saturated carbocycles. The van der Waals surface area contributed by atoms with Gasteiger partial charge in [-0.15, -0.1) is 11.8 Å². The van der Waals surface area contributed by atoms with E-state index in [0.717, 1.165) is 9.37 Å². The lowest BCUT2D eigenvalue weighted by atomic mass is 10.1. The molecule has 0 radical (unpaired) electrons. The zero-order valence-corrected chi connectivity index (χ0v) is 14.7. The van der Waals surface area contributed by atoms with Crippen molar-refractivity contribution in [3.63, 3.8) is 0 Å². The van der Waals surface area contributed by atoms with Crippen LogP contribution in [0.2, 0.25) is 0 Å². The van der Waals surface area contributed by atoms with E-state index in [1.54, 1.807) is 24.3 Å². The van der Waals surface area contributed by atoms with Crippen molar-refractivity contribution in [2.45, 2.75) is 24.0 Å². The summed E-state index contributed by atoms with van der Waals surface area (Å²) in [7, 11) is 0. The molecule has 0 bridgehead atoms. The molecule has 1 unspecified atom stereocenters. The van der Waals surface area contributed by atoms with E-state index in [2.05, 4.69) is 21.2 Å². The summed E-state index contributed by atoms with van der Waals surface area (Å²) in [6, 6.07) is 14.8. The van der Waals surface area contributed by atoms with E-state index < -0.39 is 0 Å². The average Bonchev–Trinajstić information content (AvgIpc) is 2.50. The van der Waals surface area contributed by atoms with Gasteiger partial charge in [-0.25, -0.2) is 0 Å². The van der Waals surface area contributed by atoms with E-state index in [-0.39, 0.29) is 16.9 Å². The molecular formula is C17H16BrNO2S. The van der Waals surface area contributed by atoms with Crippen LogP contribution in [0.1, 0.15) is 24.2 Å². The Balaban J connectivity index is 1.95. The van der Waals surface area contributed by atoms with Gasteiger partial charge >= 0.3 is 0 Å². The summed E-state index contributed by atoms with van der Waals surface area (Å²) in [5.41, 5.74) is 1.33. The molecule has 2 aromatic rings. The summed E-state index contributed by atoms with van der Waals surface area (Å²) in [4.78, 5) is 24.5. The molecule has 22 heavy (non-hydrogen) atoms. The number of hydrogen-bond acceptors (Lipinski definition) is 3. The van der Waals surface area contributed by atoms with E-state index in [9.17, 15) is 9.59 Å². The second-order valence-corrected chi connectivity index (χ2v) is 7.17. The Bertz CT molecular complexity index is 668. The molecule has 1 atom stereocenters. The second kappa shape index (κ2) is 7.61. The quantitative estimate of drug-likeness (QED) is 0.602. The Kier molecular flexibility index (Phi) is 5.80. The maximum Gasteiger partial charge on any atom is 0.237 e. The summed E-state index contributed by atoms with van der Waals surface area (Å²) in [5, 5.41) is 2.64. The molecule has 1 N–H and O–H groups in total. The summed E-state index contributed by atoms with van der Waals surface area (Å²) in [6.45, 7) is 3.39. The lowest BCUT2D eigenvalue weighted by molar-refractivity contribution is -0.115. The first-order chi connectivity index (χ1) is 10.5. The highest BCUT2D eigenvalue weighted by Crippen LogP contribution is 2.25. The van der Waals surface area contributed by atoms with Crippen LogP contribution in [0.3, 0.4) is 0 Å². The first-order valence-corrected chi connectivity index (χ1v) is 8.47. The highest BCUT2D eigenvalue weighted by Gasteiger charge is 2.14. The van der Waals surface area contributed by atoms with Gasteiger partial charge in [0.15, 0.2) is 5.78 Å². The Morgan fingerprint density at radius 1 is 1.05 bits per heavy atom. The van der Waals surface area contributed by atoms with E-state index in [1.165, 1.54) is 18.7 Å². The molecule has 2 rings (SSSR count). The summed E-state index contributed by atoms with van der Waals surface area (Å²) in [5.74, 6) is -0.0551. The largest absolute Gasteiger partial charge is 0.325 e. The van der Waals surface area contributed by atoms with Crippen LogP contribution < -0.4 is 5.32 Å². The fraction of sp³-hybridized carbons (Fsp3) is 0.176. The molecule has 0 spiro atoms. The van der Waals surface area contributed by atoms with Gasteiger partial charge in [-0.3, -0.25) is 9.59 Å². The number of rotatable bonds is 5. The second-order valence-electron chi connectivity index (χ2n) is 4.84. The molecule has 2 aromatic carbocycles. The highest BCUT2D eigenvalue weighted by atomic mass is 79.9. The zero-order valence-electron chi connectivity index (χ0n) is 12.3. The zero-order chi connectivity index (χ0) is 16.1. The molecule has 0 fully saturated rings. The first-order valence-electron chi connectivity index (χ1n) is 6.80. The molecule has 0 aliphatic rings. The predicted molar refractivity (Wildman–Crippen MR) is 94.5 cm³/mol. The molecule has 3 nitrogen and oxygen atoms in total. The number of benzene rings is 2. The maximum atomic E-state index is 12.2. The Hall–Kier alpha value is -1.59. The minimum absolute atomic E-state index is 0.0111. The van der Waals surface area contributed by atoms with Gasteiger partial charge in [0, 0.05) is 20.6 Å². The molecule has 0 saturated heterocycles. The minimum atomic E-state index is -0.214. The topological polar surface area (TPSA) is 46.2 Å². The molecule has 0 heterocycles. The third-order valence-electron chi connectivity index (χ3n) is 3.05. The van der Waals surface area contributed by atoms with Crippen molar-refractivity contribution in [3.8, 4) is 0 Å². The van der Waals surface area contributed by atoms with Gasteiger partial charge in [0.2, 0.25) is 5.91 Å². The van der Waals surface area contributed by atoms with Crippen molar-refractivity contribution in [1.29, 1.82) is 0 Å². The summed E-state index contributed by atoms with van der Waals surface area (Å²) < 4.78 is 1.01. The average molecular weight is 378 g/mol. The van der Waals surface area contributed by atoms with E-state index in [1.807, 2.05) is 31.2 Å². The van der Waals surface area contributed by atoms with E-state index in [0.29, 0.717) is 11.3 Å². The number of amides is 1. The summed E-state index contributed by atoms with van der Waals surface area (Å²) >= 11 is 4.89. The lowest BCUT2D eigenvalue weighted by Crippen LogP contribution is -2.22. The molecule has 0 aliphatic carbocycles. The first kappa shape index (κ1) is 16.8. The third kappa shape index (κ3) is 4.71. The van der Waals surface area contributed by atoms with E-state index in [4.69, 9.17) is 0 Å². The van der Waals surface area contributed by atoms with Crippen LogP contribution in [0.25, 0.3) is 0 Å². The SMILES string of the molecule is CC(=O)c1ccc(NC(=O)C(C)Sc2ccc(Br)cc2)cc1. The van der Waals surface area contributed by atoms with Gasteiger partial charge in [-0.1, -0.05) is 15.9 Å². The summed E-state index contributed by atoms with van der Waals surface area (Å²) in [6.07, 6.45) is 0. The molecule has 5 heteroatoms. The fourth-order valence-corrected chi connectivity index (χ4v) is 2.93. The number of carbonyl (C=O) groups excluding carboxylic acids is 2. The number of carbonyl (C=O) groups is 2. The monoisotopic (exact) mass is 377 g/mol. The smallest absolute Gasteiger partial charge is 0.237 e. The standard InChI is InChI=1S/C17H16BrNO2S/c1-11(20)13-3-7-15(8-4-13)19-17(21)12(2)22-16-9-5-14(18)6-10-16/h3-10,12H,1-2H3,(H,19,21). The number of halogens is 1. The van der Waals surface area contributed by atoms with Gasteiger partial charge in [0.05, 0.1) is 5.25 Å². The van der Waals surface area contributed by atoms with Crippen LogP contribution in [0.4, 0.5) is 5.69 Å². The Morgan fingerprint density at radius 3 is 2.18 bits per heavy atom. The van der Waals surface area contributed by atoms with Crippen molar-refractivity contribution in [3.05, 3.63) is 58.6 Å². The number of thioether (sulfide) groups is 1. The number of nitrogens with one attached hydrogen (secondary N) is 1. The molecule has 0 aromatic heterocycles. The van der Waals surface area contributed by atoms with Crippen molar-refractivity contribution in [1.82, 2.24) is 0 Å². The number of Topliss-reactive ketones (excluding diaryl/α,β-unsaturated/α-hetero) is 1. The molecular weight excluding hydrogens is 362 g/mol. The normalized spacial score (nSPS) is 11.8. The Labute approximate surface area is 142 Å². The van der Waals surface area contributed by atoms with Gasteiger partial charge in [-0.2, -0.15) is 0 Å². The number of ketones is 1. The van der Waals surface area contributed by atoms with Gasteiger partial charge in [0.1, 0.15) is 0 Å². The molecule has 114 valence electrons. The van der Waals surface area contributed by atoms with Crippen molar-refractivity contribution >= 4 is 45.1 Å². The van der Waals surface area contributed by atoms with Gasteiger partial charge in [0.25, 0.3) is 0 Å². The van der Waals surface area contributed by atoms with Crippen molar-refractivity contribution < 1.29 is 9.59 Å². The van der Waals surface area contributed by atoms with Crippen LogP contribution >= 0.6 is 27.7 Å². The highest BCUT2D eigenvalue weighted by molar-refractivity contribution is 9.10. The minimum Gasteiger partial charge on any atom is -0.325 e. The Morgan fingerprint density at radius 2 is 1.64 bits per heavy atom. The molecule has 1 amide bonds. The van der Waals surface area contributed by atoms with Crippen LogP contribution in [-0.4, -0.2) is 16.9 Å². The van der Waals surface area contributed by atoms with Crippen LogP contribution in [-0.2, 0) is 4.79 Å². The lowest BCUT2D eigenvalue weighted by Gasteiger charge is -2.12. The number of hydrogen-bond donors (Lipinski definition) is 1. The fourth-order valence-electron chi connectivity index (χ4n) is 1.80. The van der Waals surface area contributed by atoms with Crippen LogP contribution in [0, 0.1) is 0 Å².